The number of amides is 1. The predicted octanol–water partition coefficient (Wildman–Crippen LogP) is 2.30. The molecule has 4 nitrogen and oxygen atoms in total. The first-order valence-corrected chi connectivity index (χ1v) is 6.23. The molecule has 0 aliphatic rings. The van der Waals surface area contributed by atoms with Crippen LogP contribution in [0.4, 0.5) is 5.69 Å². The third kappa shape index (κ3) is 4.91. The fourth-order valence-corrected chi connectivity index (χ4v) is 1.87. The smallest absolute Gasteiger partial charge is 0.315 e. The molecule has 1 N–H and O–H groups in total. The van der Waals surface area contributed by atoms with Gasteiger partial charge in [0.15, 0.2) is 0 Å². The zero-order valence-electron chi connectivity index (χ0n) is 9.86. The molecule has 5 heteroatoms. The zero-order chi connectivity index (χ0) is 12.7. The van der Waals surface area contributed by atoms with Gasteiger partial charge < -0.3 is 10.1 Å². The Bertz CT molecular complexity index is 389. The highest BCUT2D eigenvalue weighted by Gasteiger charge is 2.09. The predicted molar refractivity (Wildman–Crippen MR) is 68.1 cm³/mol. The SMILES string of the molecule is CCSc1ccc(NC(=O)CC(=O)OC)cc1. The molecule has 1 amide bonds. The Hall–Kier alpha value is -1.49. The van der Waals surface area contributed by atoms with Gasteiger partial charge in [-0.05, 0) is 30.0 Å². The molecule has 0 heterocycles. The van der Waals surface area contributed by atoms with Gasteiger partial charge in [0.2, 0.25) is 5.91 Å². The number of anilines is 1. The van der Waals surface area contributed by atoms with E-state index in [-0.39, 0.29) is 12.3 Å². The molecular formula is C12H15NO3S. The van der Waals surface area contributed by atoms with Gasteiger partial charge in [0, 0.05) is 10.6 Å². The summed E-state index contributed by atoms with van der Waals surface area (Å²) in [5, 5.41) is 2.63. The van der Waals surface area contributed by atoms with E-state index < -0.39 is 5.97 Å². The van der Waals surface area contributed by atoms with Gasteiger partial charge in [0.1, 0.15) is 6.42 Å². The number of methoxy groups -OCH3 is 1. The third-order valence-corrected chi connectivity index (χ3v) is 2.88. The maximum Gasteiger partial charge on any atom is 0.315 e. The average molecular weight is 253 g/mol. The Morgan fingerprint density at radius 2 is 1.94 bits per heavy atom. The Balaban J connectivity index is 2.51. The molecule has 1 aromatic carbocycles. The fourth-order valence-electron chi connectivity index (χ4n) is 1.21. The molecule has 17 heavy (non-hydrogen) atoms. The van der Waals surface area contributed by atoms with Crippen LogP contribution in [-0.2, 0) is 14.3 Å². The molecule has 0 fully saturated rings. The first kappa shape index (κ1) is 13.6. The van der Waals surface area contributed by atoms with Gasteiger partial charge in [0.05, 0.1) is 7.11 Å². The Morgan fingerprint density at radius 3 is 2.47 bits per heavy atom. The molecule has 0 saturated heterocycles. The lowest BCUT2D eigenvalue weighted by atomic mass is 10.3. The lowest BCUT2D eigenvalue weighted by molar-refractivity contribution is -0.142. The highest BCUT2D eigenvalue weighted by atomic mass is 32.2. The largest absolute Gasteiger partial charge is 0.469 e. The molecule has 0 atom stereocenters. The summed E-state index contributed by atoms with van der Waals surface area (Å²) in [5.41, 5.74) is 0.680. The summed E-state index contributed by atoms with van der Waals surface area (Å²) in [6.45, 7) is 2.08. The minimum Gasteiger partial charge on any atom is -0.469 e. The molecule has 0 spiro atoms. The van der Waals surface area contributed by atoms with E-state index in [4.69, 9.17) is 0 Å². The number of hydrogen-bond acceptors (Lipinski definition) is 4. The van der Waals surface area contributed by atoms with E-state index >= 15 is 0 Å². The summed E-state index contributed by atoms with van der Waals surface area (Å²) in [4.78, 5) is 23.4. The Morgan fingerprint density at radius 1 is 1.29 bits per heavy atom. The molecule has 1 rings (SSSR count). The maximum absolute atomic E-state index is 11.4. The second kappa shape index (κ2) is 6.96. The average Bonchev–Trinajstić information content (AvgIpc) is 2.31. The number of carbonyl (C=O) groups is 2. The van der Waals surface area contributed by atoms with Gasteiger partial charge in [-0.15, -0.1) is 11.8 Å². The second-order valence-electron chi connectivity index (χ2n) is 3.26. The van der Waals surface area contributed by atoms with Gasteiger partial charge in [-0.1, -0.05) is 6.92 Å². The van der Waals surface area contributed by atoms with Crippen LogP contribution in [0.25, 0.3) is 0 Å². The van der Waals surface area contributed by atoms with Crippen LogP contribution in [0.3, 0.4) is 0 Å². The van der Waals surface area contributed by atoms with Crippen LogP contribution in [-0.4, -0.2) is 24.7 Å². The highest BCUT2D eigenvalue weighted by Crippen LogP contribution is 2.19. The first-order valence-electron chi connectivity index (χ1n) is 5.25. The summed E-state index contributed by atoms with van der Waals surface area (Å²) in [6.07, 6.45) is -0.262. The van der Waals surface area contributed by atoms with Crippen LogP contribution in [0, 0.1) is 0 Å². The zero-order valence-corrected chi connectivity index (χ0v) is 10.7. The van der Waals surface area contributed by atoms with Crippen LogP contribution in [0.15, 0.2) is 29.2 Å². The monoisotopic (exact) mass is 253 g/mol. The van der Waals surface area contributed by atoms with Crippen LogP contribution >= 0.6 is 11.8 Å². The first-order chi connectivity index (χ1) is 8.15. The summed E-state index contributed by atoms with van der Waals surface area (Å²) < 4.78 is 4.41. The van der Waals surface area contributed by atoms with Crippen molar-refractivity contribution in [2.75, 3.05) is 18.2 Å². The quantitative estimate of drug-likeness (QED) is 0.497. The lowest BCUT2D eigenvalue weighted by Gasteiger charge is -2.05. The number of thioether (sulfide) groups is 1. The van der Waals surface area contributed by atoms with Crippen molar-refractivity contribution in [3.8, 4) is 0 Å². The summed E-state index contributed by atoms with van der Waals surface area (Å²) in [6, 6.07) is 7.49. The van der Waals surface area contributed by atoms with E-state index in [0.717, 1.165) is 10.6 Å². The molecule has 0 unspecified atom stereocenters. The van der Waals surface area contributed by atoms with Crippen molar-refractivity contribution in [3.05, 3.63) is 24.3 Å². The molecule has 0 aliphatic heterocycles. The number of hydrogen-bond donors (Lipinski definition) is 1. The number of esters is 1. The minimum absolute atomic E-state index is 0.262. The number of carbonyl (C=O) groups excluding carboxylic acids is 2. The molecule has 0 radical (unpaired) electrons. The van der Waals surface area contributed by atoms with Crippen LogP contribution < -0.4 is 5.32 Å². The van der Waals surface area contributed by atoms with Gasteiger partial charge in [-0.2, -0.15) is 0 Å². The molecule has 0 bridgehead atoms. The molecular weight excluding hydrogens is 238 g/mol. The summed E-state index contributed by atoms with van der Waals surface area (Å²) in [7, 11) is 1.26. The fraction of sp³-hybridized carbons (Fsp3) is 0.333. The summed E-state index contributed by atoms with van der Waals surface area (Å²) >= 11 is 1.73. The molecule has 1 aromatic rings. The van der Waals surface area contributed by atoms with Crippen LogP contribution in [0.2, 0.25) is 0 Å². The Kier molecular flexibility index (Phi) is 5.56. The van der Waals surface area contributed by atoms with Crippen molar-refractivity contribution in [3.63, 3.8) is 0 Å². The number of benzene rings is 1. The van der Waals surface area contributed by atoms with Gasteiger partial charge in [0.25, 0.3) is 0 Å². The van der Waals surface area contributed by atoms with Crippen LogP contribution in [0.5, 0.6) is 0 Å². The number of ether oxygens (including phenoxy) is 1. The van der Waals surface area contributed by atoms with E-state index in [9.17, 15) is 9.59 Å². The lowest BCUT2D eigenvalue weighted by Crippen LogP contribution is -2.17. The van der Waals surface area contributed by atoms with E-state index in [1.54, 1.807) is 11.8 Å². The van der Waals surface area contributed by atoms with Gasteiger partial charge >= 0.3 is 5.97 Å². The van der Waals surface area contributed by atoms with Gasteiger partial charge in [-0.3, -0.25) is 9.59 Å². The molecule has 0 aromatic heterocycles. The van der Waals surface area contributed by atoms with Crippen molar-refractivity contribution in [2.45, 2.75) is 18.2 Å². The maximum atomic E-state index is 11.4. The normalized spacial score (nSPS) is 9.76. The van der Waals surface area contributed by atoms with Crippen molar-refractivity contribution in [1.82, 2.24) is 0 Å². The minimum atomic E-state index is -0.541. The third-order valence-electron chi connectivity index (χ3n) is 1.98. The standard InChI is InChI=1S/C12H15NO3S/c1-3-17-10-6-4-9(5-7-10)13-11(14)8-12(15)16-2/h4-7H,3,8H2,1-2H3,(H,13,14). The van der Waals surface area contributed by atoms with E-state index in [1.807, 2.05) is 24.3 Å². The topological polar surface area (TPSA) is 55.4 Å². The molecule has 0 saturated carbocycles. The number of nitrogens with one attached hydrogen (secondary N) is 1. The second-order valence-corrected chi connectivity index (χ2v) is 4.60. The van der Waals surface area contributed by atoms with Crippen molar-refractivity contribution >= 4 is 29.3 Å². The van der Waals surface area contributed by atoms with Gasteiger partial charge in [-0.25, -0.2) is 0 Å². The van der Waals surface area contributed by atoms with Crippen molar-refractivity contribution in [2.24, 2.45) is 0 Å². The van der Waals surface area contributed by atoms with Crippen molar-refractivity contribution < 1.29 is 14.3 Å². The highest BCUT2D eigenvalue weighted by molar-refractivity contribution is 7.99. The van der Waals surface area contributed by atoms with E-state index in [2.05, 4.69) is 17.0 Å². The van der Waals surface area contributed by atoms with E-state index in [1.165, 1.54) is 7.11 Å². The van der Waals surface area contributed by atoms with E-state index in [0.29, 0.717) is 5.69 Å². The Labute approximate surface area is 105 Å². The molecule has 92 valence electrons. The molecule has 0 aliphatic carbocycles. The number of rotatable bonds is 5. The summed E-state index contributed by atoms with van der Waals surface area (Å²) in [5.74, 6) is 0.0991. The van der Waals surface area contributed by atoms with Crippen molar-refractivity contribution in [1.29, 1.82) is 0 Å². The van der Waals surface area contributed by atoms with Crippen LogP contribution in [0.1, 0.15) is 13.3 Å².